The quantitative estimate of drug-likeness (QED) is 0.847. The molecule has 0 aliphatic carbocycles. The van der Waals surface area contributed by atoms with Crippen molar-refractivity contribution in [3.63, 3.8) is 0 Å². The van der Waals surface area contributed by atoms with E-state index >= 15 is 0 Å². The van der Waals surface area contributed by atoms with E-state index < -0.39 is 11.6 Å². The van der Waals surface area contributed by atoms with Gasteiger partial charge in [-0.2, -0.15) is 4.98 Å². The van der Waals surface area contributed by atoms with Crippen LogP contribution in [0.4, 0.5) is 0 Å². The highest BCUT2D eigenvalue weighted by Gasteiger charge is 2.19. The van der Waals surface area contributed by atoms with Gasteiger partial charge >= 0.3 is 12.0 Å². The number of rotatable bonds is 4. The smallest absolute Gasteiger partial charge is 0.354 e. The van der Waals surface area contributed by atoms with Crippen LogP contribution in [0.5, 0.6) is 6.01 Å². The molecule has 0 aliphatic heterocycles. The van der Waals surface area contributed by atoms with Gasteiger partial charge in [0, 0.05) is 5.69 Å². The summed E-state index contributed by atoms with van der Waals surface area (Å²) in [5, 5.41) is 8.84. The molecule has 5 nitrogen and oxygen atoms in total. The standard InChI is InChI=1S/C11H16N2O3/c1-5-11(3,4)16-10-12-7(2)6-8(13-10)9(14)15/h6H,5H2,1-4H3,(H,14,15). The van der Waals surface area contributed by atoms with Crippen molar-refractivity contribution in [1.82, 2.24) is 9.97 Å². The second-order valence-corrected chi connectivity index (χ2v) is 4.20. The minimum absolute atomic E-state index is 0.0468. The van der Waals surface area contributed by atoms with Gasteiger partial charge in [0.15, 0.2) is 5.69 Å². The molecule has 1 N–H and O–H groups in total. The maximum atomic E-state index is 10.8. The van der Waals surface area contributed by atoms with Crippen molar-refractivity contribution >= 4 is 5.97 Å². The molecule has 1 aromatic rings. The van der Waals surface area contributed by atoms with Crippen molar-refractivity contribution in [3.8, 4) is 6.01 Å². The summed E-state index contributed by atoms with van der Waals surface area (Å²) < 4.78 is 5.54. The van der Waals surface area contributed by atoms with E-state index in [1.807, 2.05) is 20.8 Å². The number of hydrogen-bond donors (Lipinski definition) is 1. The van der Waals surface area contributed by atoms with Crippen molar-refractivity contribution in [2.24, 2.45) is 0 Å². The lowest BCUT2D eigenvalue weighted by Gasteiger charge is -2.23. The summed E-state index contributed by atoms with van der Waals surface area (Å²) in [7, 11) is 0. The number of ether oxygens (including phenoxy) is 1. The first-order valence-electron chi connectivity index (χ1n) is 5.12. The molecule has 0 bridgehead atoms. The number of carboxylic acid groups (broad SMARTS) is 1. The Balaban J connectivity index is 3.01. The zero-order chi connectivity index (χ0) is 12.3. The lowest BCUT2D eigenvalue weighted by atomic mass is 10.1. The molecule has 88 valence electrons. The second kappa shape index (κ2) is 4.47. The van der Waals surface area contributed by atoms with Crippen molar-refractivity contribution < 1.29 is 14.6 Å². The van der Waals surface area contributed by atoms with Crippen LogP contribution in [0.15, 0.2) is 6.07 Å². The Morgan fingerprint density at radius 2 is 2.12 bits per heavy atom. The normalized spacial score (nSPS) is 11.2. The number of carbonyl (C=O) groups is 1. The van der Waals surface area contributed by atoms with Crippen LogP contribution in [-0.2, 0) is 0 Å². The molecule has 0 radical (unpaired) electrons. The van der Waals surface area contributed by atoms with E-state index in [4.69, 9.17) is 9.84 Å². The number of nitrogens with zero attached hydrogens (tertiary/aromatic N) is 2. The van der Waals surface area contributed by atoms with Gasteiger partial charge < -0.3 is 9.84 Å². The fraction of sp³-hybridized carbons (Fsp3) is 0.545. The molecule has 0 fully saturated rings. The van der Waals surface area contributed by atoms with E-state index in [1.54, 1.807) is 6.92 Å². The fourth-order valence-electron chi connectivity index (χ4n) is 1.02. The van der Waals surface area contributed by atoms with Crippen LogP contribution in [0.2, 0.25) is 0 Å². The molecule has 1 heterocycles. The topological polar surface area (TPSA) is 72.3 Å². The highest BCUT2D eigenvalue weighted by Crippen LogP contribution is 2.17. The maximum Gasteiger partial charge on any atom is 0.354 e. The molecular weight excluding hydrogens is 208 g/mol. The summed E-state index contributed by atoms with van der Waals surface area (Å²) in [6.45, 7) is 7.49. The van der Waals surface area contributed by atoms with Crippen LogP contribution in [0.3, 0.4) is 0 Å². The van der Waals surface area contributed by atoms with Crippen LogP contribution in [0, 0.1) is 6.92 Å². The van der Waals surface area contributed by atoms with E-state index in [0.29, 0.717) is 5.69 Å². The van der Waals surface area contributed by atoms with Crippen LogP contribution < -0.4 is 4.74 Å². The van der Waals surface area contributed by atoms with Crippen molar-refractivity contribution in [3.05, 3.63) is 17.5 Å². The van der Waals surface area contributed by atoms with Gasteiger partial charge in [-0.3, -0.25) is 0 Å². The van der Waals surface area contributed by atoms with E-state index in [0.717, 1.165) is 6.42 Å². The molecule has 1 aromatic heterocycles. The Kier molecular flexibility index (Phi) is 3.47. The molecule has 5 heteroatoms. The van der Waals surface area contributed by atoms with Gasteiger partial charge in [-0.15, -0.1) is 0 Å². The van der Waals surface area contributed by atoms with Gasteiger partial charge in [0.1, 0.15) is 5.60 Å². The number of aromatic carboxylic acids is 1. The van der Waals surface area contributed by atoms with E-state index in [2.05, 4.69) is 9.97 Å². The fourth-order valence-corrected chi connectivity index (χ4v) is 1.02. The minimum Gasteiger partial charge on any atom is -0.477 e. The molecule has 0 aliphatic rings. The van der Waals surface area contributed by atoms with E-state index in [-0.39, 0.29) is 11.7 Å². The van der Waals surface area contributed by atoms with Gasteiger partial charge in [0.25, 0.3) is 0 Å². The Labute approximate surface area is 94.5 Å². The molecule has 0 amide bonds. The molecule has 0 spiro atoms. The average molecular weight is 224 g/mol. The minimum atomic E-state index is -1.08. The van der Waals surface area contributed by atoms with Crippen molar-refractivity contribution in [2.75, 3.05) is 0 Å². The Bertz CT molecular complexity index is 402. The summed E-state index contributed by atoms with van der Waals surface area (Å²) in [6.07, 6.45) is 0.784. The molecule has 0 atom stereocenters. The lowest BCUT2D eigenvalue weighted by Crippen LogP contribution is -2.28. The summed E-state index contributed by atoms with van der Waals surface area (Å²) in [5.74, 6) is -1.08. The molecule has 0 saturated heterocycles. The van der Waals surface area contributed by atoms with Gasteiger partial charge in [-0.05, 0) is 33.3 Å². The first kappa shape index (κ1) is 12.4. The Morgan fingerprint density at radius 1 is 1.50 bits per heavy atom. The zero-order valence-corrected chi connectivity index (χ0v) is 9.94. The van der Waals surface area contributed by atoms with Crippen LogP contribution in [0.1, 0.15) is 43.4 Å². The average Bonchev–Trinajstić information content (AvgIpc) is 2.16. The zero-order valence-electron chi connectivity index (χ0n) is 9.94. The number of hydrogen-bond acceptors (Lipinski definition) is 4. The lowest BCUT2D eigenvalue weighted by molar-refractivity contribution is 0.0676. The predicted molar refractivity (Wildman–Crippen MR) is 58.7 cm³/mol. The van der Waals surface area contributed by atoms with Gasteiger partial charge in [-0.1, -0.05) is 6.92 Å². The number of aromatic nitrogens is 2. The van der Waals surface area contributed by atoms with Gasteiger partial charge in [0.2, 0.25) is 0 Å². The second-order valence-electron chi connectivity index (χ2n) is 4.20. The predicted octanol–water partition coefficient (Wildman–Crippen LogP) is 2.05. The number of carboxylic acids is 1. The maximum absolute atomic E-state index is 10.8. The van der Waals surface area contributed by atoms with Crippen molar-refractivity contribution in [2.45, 2.75) is 39.7 Å². The van der Waals surface area contributed by atoms with E-state index in [1.165, 1.54) is 6.07 Å². The highest BCUT2D eigenvalue weighted by atomic mass is 16.5. The number of aryl methyl sites for hydroxylation is 1. The summed E-state index contributed by atoms with van der Waals surface area (Å²) >= 11 is 0. The van der Waals surface area contributed by atoms with Crippen molar-refractivity contribution in [1.29, 1.82) is 0 Å². The Morgan fingerprint density at radius 3 is 2.62 bits per heavy atom. The summed E-state index contributed by atoms with van der Waals surface area (Å²) in [5.41, 5.74) is 0.132. The summed E-state index contributed by atoms with van der Waals surface area (Å²) in [4.78, 5) is 18.7. The first-order chi connectivity index (χ1) is 7.34. The monoisotopic (exact) mass is 224 g/mol. The SMILES string of the molecule is CCC(C)(C)Oc1nc(C)cc(C(=O)O)n1. The molecule has 0 unspecified atom stereocenters. The van der Waals surface area contributed by atoms with Crippen LogP contribution in [0.25, 0.3) is 0 Å². The van der Waals surface area contributed by atoms with Gasteiger partial charge in [0.05, 0.1) is 0 Å². The molecule has 16 heavy (non-hydrogen) atoms. The third-order valence-electron chi connectivity index (χ3n) is 2.27. The third-order valence-corrected chi connectivity index (χ3v) is 2.27. The van der Waals surface area contributed by atoms with Crippen LogP contribution in [-0.4, -0.2) is 26.6 Å². The first-order valence-corrected chi connectivity index (χ1v) is 5.12. The molecule has 0 saturated carbocycles. The largest absolute Gasteiger partial charge is 0.477 e. The highest BCUT2D eigenvalue weighted by molar-refractivity contribution is 5.85. The molecule has 1 rings (SSSR count). The summed E-state index contributed by atoms with van der Waals surface area (Å²) in [6, 6.07) is 1.53. The molecule has 0 aromatic carbocycles. The van der Waals surface area contributed by atoms with Crippen LogP contribution >= 0.6 is 0 Å². The van der Waals surface area contributed by atoms with E-state index in [9.17, 15) is 4.79 Å². The molecular formula is C11H16N2O3. The van der Waals surface area contributed by atoms with Gasteiger partial charge in [-0.25, -0.2) is 9.78 Å². The Hall–Kier alpha value is -1.65. The third kappa shape index (κ3) is 3.18.